The lowest BCUT2D eigenvalue weighted by molar-refractivity contribution is -0.144. The topological polar surface area (TPSA) is 421 Å². The number of para-hydroxylation sites is 1. The van der Waals surface area contributed by atoms with Crippen molar-refractivity contribution in [3.63, 3.8) is 0 Å². The number of nitrogens with two attached hydrogens (primary N) is 1. The van der Waals surface area contributed by atoms with Crippen LogP contribution in [0.4, 0.5) is 0 Å². The minimum atomic E-state index is -1.49. The van der Waals surface area contributed by atoms with E-state index in [9.17, 15) is 83.1 Å². The van der Waals surface area contributed by atoms with Crippen LogP contribution in [0.2, 0.25) is 0 Å². The molecule has 384 valence electrons. The molecule has 2 aromatic rings. The zero-order valence-corrected chi connectivity index (χ0v) is 38.2. The smallest absolute Gasteiger partial charge is 0.317 e. The third-order valence-corrected chi connectivity index (χ3v) is 10.8. The van der Waals surface area contributed by atoms with E-state index in [1.165, 1.54) is 11.8 Å². The number of aromatic amines is 1. The number of primary amides is 1. The summed E-state index contributed by atoms with van der Waals surface area (Å²) in [4.78, 5) is 157. The molecule has 1 aromatic heterocycles. The zero-order valence-electron chi connectivity index (χ0n) is 38.2. The van der Waals surface area contributed by atoms with Crippen molar-refractivity contribution in [1.29, 1.82) is 0 Å². The predicted molar refractivity (Wildman–Crippen MR) is 240 cm³/mol. The average Bonchev–Trinajstić information content (AvgIpc) is 3.92. The summed E-state index contributed by atoms with van der Waals surface area (Å²) in [6.07, 6.45) is 1.30. The predicted octanol–water partition coefficient (Wildman–Crippen LogP) is -5.00. The second-order valence-corrected chi connectivity index (χ2v) is 16.3. The fourth-order valence-corrected chi connectivity index (χ4v) is 7.67. The molecule has 28 heteroatoms. The number of likely N-dealkylation sites (tertiary alicyclic amines) is 1. The Morgan fingerprint density at radius 2 is 1.21 bits per heavy atom. The van der Waals surface area contributed by atoms with Crippen LogP contribution in [0.15, 0.2) is 30.5 Å². The lowest BCUT2D eigenvalue weighted by Gasteiger charge is -2.31. The van der Waals surface area contributed by atoms with Crippen molar-refractivity contribution in [2.24, 2.45) is 5.73 Å². The number of carbonyl (C=O) groups excluding carboxylic acids is 7. The van der Waals surface area contributed by atoms with Crippen LogP contribution in [0.1, 0.15) is 38.2 Å². The van der Waals surface area contributed by atoms with Crippen LogP contribution in [-0.2, 0) is 64.0 Å². The molecule has 1 saturated heterocycles. The molecule has 0 bridgehead atoms. The second kappa shape index (κ2) is 27.9. The molecule has 1 aliphatic heterocycles. The van der Waals surface area contributed by atoms with Crippen molar-refractivity contribution >= 4 is 82.1 Å². The first kappa shape index (κ1) is 56.6. The summed E-state index contributed by atoms with van der Waals surface area (Å²) in [6.45, 7) is -4.70. The van der Waals surface area contributed by atoms with Gasteiger partial charge >= 0.3 is 29.8 Å². The SMILES string of the molecule is CC(=O)N[C@@H](Cc1c[nH]c2ccccc12)C(=O)N[C@@H](CCN(CCN(CC(=O)O)CC(=O)O)CC(=O)O)C(=O)N1CCC[C@H]1C(=O)NCC(=O)N[C@@H](CCN(CC(=O)O)CC(=O)O)C(=O)NCC(N)=O. The molecule has 0 aliphatic carbocycles. The molecule has 4 atom stereocenters. The van der Waals surface area contributed by atoms with Crippen molar-refractivity contribution in [2.75, 3.05) is 78.5 Å². The Kier molecular flexibility index (Phi) is 22.6. The van der Waals surface area contributed by atoms with Gasteiger partial charge in [-0.3, -0.25) is 72.2 Å². The first-order valence-corrected chi connectivity index (χ1v) is 21.8. The van der Waals surface area contributed by atoms with Crippen molar-refractivity contribution in [3.8, 4) is 0 Å². The minimum Gasteiger partial charge on any atom is -0.480 e. The lowest BCUT2D eigenvalue weighted by Crippen LogP contribution is -2.58. The monoisotopic (exact) mass is 989 g/mol. The van der Waals surface area contributed by atoms with E-state index in [2.05, 4.69) is 31.6 Å². The number of H-pyrrole nitrogens is 1. The van der Waals surface area contributed by atoms with Gasteiger partial charge in [0.25, 0.3) is 0 Å². The minimum absolute atomic E-state index is 0.0244. The highest BCUT2D eigenvalue weighted by Gasteiger charge is 2.39. The van der Waals surface area contributed by atoms with Crippen molar-refractivity contribution in [1.82, 2.24) is 51.2 Å². The largest absolute Gasteiger partial charge is 0.480 e. The number of carbonyl (C=O) groups is 12. The Morgan fingerprint density at radius 1 is 0.671 bits per heavy atom. The molecule has 0 saturated carbocycles. The third kappa shape index (κ3) is 19.9. The van der Waals surface area contributed by atoms with Crippen LogP contribution in [-0.4, -0.2) is 224 Å². The molecule has 28 nitrogen and oxygen atoms in total. The summed E-state index contributed by atoms with van der Waals surface area (Å²) in [5, 5.41) is 59.6. The molecule has 1 fully saturated rings. The fourth-order valence-electron chi connectivity index (χ4n) is 7.67. The number of rotatable bonds is 32. The number of nitrogens with one attached hydrogen (secondary N) is 6. The van der Waals surface area contributed by atoms with Gasteiger partial charge in [0.15, 0.2) is 0 Å². The van der Waals surface area contributed by atoms with Crippen LogP contribution < -0.4 is 32.3 Å². The highest BCUT2D eigenvalue weighted by atomic mass is 16.4. The zero-order chi connectivity index (χ0) is 52.1. The molecule has 1 aromatic carbocycles. The van der Waals surface area contributed by atoms with Crippen LogP contribution >= 0.6 is 0 Å². The van der Waals surface area contributed by atoms with Gasteiger partial charge in [-0.25, -0.2) is 0 Å². The third-order valence-electron chi connectivity index (χ3n) is 10.8. The lowest BCUT2D eigenvalue weighted by atomic mass is 10.0. The number of benzene rings is 1. The average molecular weight is 990 g/mol. The Hall–Kier alpha value is -7.72. The van der Waals surface area contributed by atoms with Crippen LogP contribution in [0.25, 0.3) is 10.9 Å². The van der Waals surface area contributed by atoms with E-state index >= 15 is 0 Å². The van der Waals surface area contributed by atoms with Gasteiger partial charge < -0.3 is 67.7 Å². The van der Waals surface area contributed by atoms with E-state index in [0.29, 0.717) is 5.56 Å². The summed E-state index contributed by atoms with van der Waals surface area (Å²) < 4.78 is 0. The highest BCUT2D eigenvalue weighted by Crippen LogP contribution is 2.21. The van der Waals surface area contributed by atoms with Gasteiger partial charge in [0.05, 0.1) is 45.8 Å². The second-order valence-electron chi connectivity index (χ2n) is 16.3. The number of aliphatic carboxylic acids is 5. The van der Waals surface area contributed by atoms with Gasteiger partial charge in [-0.1, -0.05) is 18.2 Å². The molecule has 0 radical (unpaired) electrons. The molecule has 1 aliphatic rings. The van der Waals surface area contributed by atoms with Gasteiger partial charge in [0.2, 0.25) is 41.4 Å². The molecule has 0 unspecified atom stereocenters. The maximum Gasteiger partial charge on any atom is 0.317 e. The molecule has 7 amide bonds. The molecule has 0 spiro atoms. The summed E-state index contributed by atoms with van der Waals surface area (Å²) in [5.41, 5.74) is 6.49. The number of aromatic nitrogens is 1. The maximum atomic E-state index is 14.5. The molecular formula is C42H59N11O17. The van der Waals surface area contributed by atoms with Crippen molar-refractivity contribution < 1.29 is 83.1 Å². The quantitative estimate of drug-likeness (QED) is 0.0327. The summed E-state index contributed by atoms with van der Waals surface area (Å²) in [7, 11) is 0. The number of hydrogen-bond acceptors (Lipinski definition) is 15. The molecule has 3 rings (SSSR count). The van der Waals surface area contributed by atoms with Gasteiger partial charge in [-0.15, -0.1) is 0 Å². The maximum absolute atomic E-state index is 14.5. The summed E-state index contributed by atoms with van der Waals surface area (Å²) in [6, 6.07) is 1.72. The summed E-state index contributed by atoms with van der Waals surface area (Å²) >= 11 is 0. The van der Waals surface area contributed by atoms with E-state index in [0.717, 1.165) is 25.6 Å². The highest BCUT2D eigenvalue weighted by molar-refractivity contribution is 5.96. The number of amides is 7. The summed E-state index contributed by atoms with van der Waals surface area (Å²) in [5.74, 6) is -12.6. The van der Waals surface area contributed by atoms with Crippen molar-refractivity contribution in [3.05, 3.63) is 36.0 Å². The molecule has 13 N–H and O–H groups in total. The van der Waals surface area contributed by atoms with E-state index in [4.69, 9.17) is 5.73 Å². The Bertz CT molecular complexity index is 2220. The van der Waals surface area contributed by atoms with Gasteiger partial charge in [0.1, 0.15) is 24.2 Å². The molecular weight excluding hydrogens is 931 g/mol. The normalized spacial score (nSPS) is 14.6. The number of nitrogens with zero attached hydrogens (tertiary/aromatic N) is 4. The number of hydrogen-bond donors (Lipinski definition) is 12. The van der Waals surface area contributed by atoms with Crippen LogP contribution in [0.3, 0.4) is 0 Å². The van der Waals surface area contributed by atoms with Gasteiger partial charge in [-0.2, -0.15) is 0 Å². The van der Waals surface area contributed by atoms with Crippen molar-refractivity contribution in [2.45, 2.75) is 63.2 Å². The molecule has 70 heavy (non-hydrogen) atoms. The van der Waals surface area contributed by atoms with Crippen LogP contribution in [0.5, 0.6) is 0 Å². The standard InChI is InChI=1S/C42H59N11O17/c1-24(54)47-30(15-25-16-44-27-6-3-2-5-26(25)27)40(68)49-29(9-11-50(19-34(57)58)13-14-52(22-37(63)64)23-38(65)66)42(70)53-10-4-7-31(53)41(69)46-18-33(56)48-28(39(67)45-17-32(43)55)8-12-51(20-35(59)60)21-36(61)62/h2-3,5-6,16,28-31,44H,4,7-15,17-23H2,1H3,(H2,43,55)(H,45,67)(H,46,69)(H,47,54)(H,48,56)(H,49,68)(H,57,58)(H,59,60)(H,61,62)(H,63,64)(H,65,66)/t28-,29-,30-,31-/m0/s1. The van der Waals surface area contributed by atoms with E-state index < -0.39 is 141 Å². The first-order chi connectivity index (χ1) is 33.0. The van der Waals surface area contributed by atoms with Gasteiger partial charge in [0, 0.05) is 63.2 Å². The Balaban J connectivity index is 1.86. The van der Waals surface area contributed by atoms with Crippen LogP contribution in [0, 0.1) is 0 Å². The van der Waals surface area contributed by atoms with Gasteiger partial charge in [-0.05, 0) is 37.3 Å². The molecule has 2 heterocycles. The van der Waals surface area contributed by atoms with E-state index in [1.807, 2.05) is 0 Å². The Labute approximate surface area is 399 Å². The first-order valence-electron chi connectivity index (χ1n) is 21.8. The Morgan fingerprint density at radius 3 is 1.80 bits per heavy atom. The number of carboxylic acid groups (broad SMARTS) is 5. The number of fused-ring (bicyclic) bond motifs is 1. The van der Waals surface area contributed by atoms with E-state index in [1.54, 1.807) is 30.5 Å². The number of carboxylic acids is 5. The fraction of sp³-hybridized carbons (Fsp3) is 0.524. The van der Waals surface area contributed by atoms with E-state index in [-0.39, 0.29) is 64.8 Å².